The maximum absolute atomic E-state index is 11.8. The number of nitrogens with zero attached hydrogens (tertiary/aromatic N) is 1. The highest BCUT2D eigenvalue weighted by Crippen LogP contribution is 2.41. The molecule has 2 heteroatoms. The van der Waals surface area contributed by atoms with Crippen molar-refractivity contribution in [3.63, 3.8) is 0 Å². The maximum atomic E-state index is 11.8. The first-order chi connectivity index (χ1) is 5.75. The van der Waals surface area contributed by atoms with Crippen LogP contribution in [0.3, 0.4) is 0 Å². The number of amides is 1. The smallest absolute Gasteiger partial charge is 0.229 e. The number of piperidine rings is 1. The van der Waals surface area contributed by atoms with Gasteiger partial charge in [0.2, 0.25) is 5.91 Å². The third-order valence-corrected chi connectivity index (χ3v) is 3.13. The van der Waals surface area contributed by atoms with Gasteiger partial charge in [0, 0.05) is 13.6 Å². The predicted molar refractivity (Wildman–Crippen MR) is 47.7 cm³/mol. The van der Waals surface area contributed by atoms with E-state index in [0.717, 1.165) is 25.8 Å². The zero-order valence-electron chi connectivity index (χ0n) is 7.55. The summed E-state index contributed by atoms with van der Waals surface area (Å²) < 4.78 is 0. The highest BCUT2D eigenvalue weighted by molar-refractivity contribution is 5.84. The largest absolute Gasteiger partial charge is 0.345 e. The van der Waals surface area contributed by atoms with Gasteiger partial charge in [0.25, 0.3) is 0 Å². The highest BCUT2D eigenvalue weighted by Gasteiger charge is 2.42. The first-order valence-corrected chi connectivity index (χ1v) is 4.65. The van der Waals surface area contributed by atoms with Crippen LogP contribution < -0.4 is 0 Å². The average Bonchev–Trinajstić information content (AvgIpc) is 2.50. The minimum Gasteiger partial charge on any atom is -0.345 e. The number of rotatable bonds is 0. The fourth-order valence-electron chi connectivity index (χ4n) is 2.35. The Morgan fingerprint density at radius 1 is 1.42 bits per heavy atom. The molecule has 1 spiro atoms. The van der Waals surface area contributed by atoms with Gasteiger partial charge in [-0.25, -0.2) is 0 Å². The van der Waals surface area contributed by atoms with Crippen LogP contribution in [0.15, 0.2) is 12.2 Å². The van der Waals surface area contributed by atoms with E-state index in [9.17, 15) is 4.79 Å². The molecule has 12 heavy (non-hydrogen) atoms. The summed E-state index contributed by atoms with van der Waals surface area (Å²) in [6.07, 6.45) is 8.49. The minimum atomic E-state index is -0.0208. The molecule has 0 atom stereocenters. The molecule has 0 N–H and O–H groups in total. The summed E-state index contributed by atoms with van der Waals surface area (Å²) >= 11 is 0. The van der Waals surface area contributed by atoms with Gasteiger partial charge in [-0.3, -0.25) is 4.79 Å². The molecular formula is C10H15NO. The van der Waals surface area contributed by atoms with Gasteiger partial charge >= 0.3 is 0 Å². The topological polar surface area (TPSA) is 20.3 Å². The van der Waals surface area contributed by atoms with E-state index in [0.29, 0.717) is 5.91 Å². The molecule has 2 rings (SSSR count). The zero-order chi connectivity index (χ0) is 8.60. The molecule has 0 saturated carbocycles. The van der Waals surface area contributed by atoms with Crippen LogP contribution in [0, 0.1) is 5.41 Å². The fraction of sp³-hybridized carbons (Fsp3) is 0.700. The zero-order valence-corrected chi connectivity index (χ0v) is 7.55. The van der Waals surface area contributed by atoms with Gasteiger partial charge in [0.05, 0.1) is 5.41 Å². The van der Waals surface area contributed by atoms with Crippen molar-refractivity contribution < 1.29 is 4.79 Å². The molecule has 1 fully saturated rings. The van der Waals surface area contributed by atoms with Gasteiger partial charge in [-0.05, 0) is 25.7 Å². The number of carbonyl (C=O) groups is 1. The van der Waals surface area contributed by atoms with Crippen LogP contribution in [0.5, 0.6) is 0 Å². The lowest BCUT2D eigenvalue weighted by Gasteiger charge is -2.37. The molecule has 0 unspecified atom stereocenters. The molecule has 2 aliphatic rings. The van der Waals surface area contributed by atoms with Gasteiger partial charge in [-0.2, -0.15) is 0 Å². The predicted octanol–water partition coefficient (Wildman–Crippen LogP) is 1.57. The minimum absolute atomic E-state index is 0.0208. The first kappa shape index (κ1) is 7.84. The normalized spacial score (nSPS) is 27.1. The number of hydrogen-bond acceptors (Lipinski definition) is 1. The van der Waals surface area contributed by atoms with Crippen LogP contribution in [-0.2, 0) is 4.79 Å². The Hall–Kier alpha value is -0.790. The molecule has 1 aliphatic carbocycles. The van der Waals surface area contributed by atoms with Crippen molar-refractivity contribution in [3.8, 4) is 0 Å². The molecule has 0 radical (unpaired) electrons. The molecule has 0 aromatic heterocycles. The monoisotopic (exact) mass is 165 g/mol. The van der Waals surface area contributed by atoms with Crippen molar-refractivity contribution in [2.45, 2.75) is 25.7 Å². The maximum Gasteiger partial charge on any atom is 0.229 e. The van der Waals surface area contributed by atoms with Gasteiger partial charge in [0.1, 0.15) is 0 Å². The van der Waals surface area contributed by atoms with E-state index < -0.39 is 0 Å². The van der Waals surface area contributed by atoms with E-state index in [1.165, 1.54) is 6.42 Å². The Bertz CT molecular complexity index is 224. The van der Waals surface area contributed by atoms with Gasteiger partial charge in [-0.1, -0.05) is 12.2 Å². The number of hydrogen-bond donors (Lipinski definition) is 0. The Kier molecular flexibility index (Phi) is 1.71. The summed E-state index contributed by atoms with van der Waals surface area (Å²) in [5.41, 5.74) is -0.0208. The first-order valence-electron chi connectivity index (χ1n) is 4.65. The molecule has 1 heterocycles. The summed E-state index contributed by atoms with van der Waals surface area (Å²) in [6.45, 7) is 0.945. The summed E-state index contributed by atoms with van der Waals surface area (Å²) in [4.78, 5) is 13.7. The van der Waals surface area contributed by atoms with Crippen LogP contribution >= 0.6 is 0 Å². The molecule has 66 valence electrons. The number of carbonyl (C=O) groups excluding carboxylic acids is 1. The molecule has 0 aromatic rings. The molecular weight excluding hydrogens is 150 g/mol. The van der Waals surface area contributed by atoms with Crippen LogP contribution in [-0.4, -0.2) is 24.4 Å². The van der Waals surface area contributed by atoms with Crippen molar-refractivity contribution >= 4 is 5.91 Å². The van der Waals surface area contributed by atoms with Crippen LogP contribution in [0.1, 0.15) is 25.7 Å². The molecule has 0 aromatic carbocycles. The fourth-order valence-corrected chi connectivity index (χ4v) is 2.35. The molecule has 1 amide bonds. The van der Waals surface area contributed by atoms with E-state index in [1.54, 1.807) is 0 Å². The summed E-state index contributed by atoms with van der Waals surface area (Å²) in [7, 11) is 1.92. The lowest BCUT2D eigenvalue weighted by atomic mass is 9.77. The highest BCUT2D eigenvalue weighted by atomic mass is 16.2. The summed E-state index contributed by atoms with van der Waals surface area (Å²) in [6, 6.07) is 0. The van der Waals surface area contributed by atoms with Gasteiger partial charge in [0.15, 0.2) is 0 Å². The molecule has 1 saturated heterocycles. The van der Waals surface area contributed by atoms with E-state index >= 15 is 0 Å². The quantitative estimate of drug-likeness (QED) is 0.499. The van der Waals surface area contributed by atoms with E-state index in [1.807, 2.05) is 11.9 Å². The molecule has 0 bridgehead atoms. The lowest BCUT2D eigenvalue weighted by Crippen LogP contribution is -2.45. The second-order valence-electron chi connectivity index (χ2n) is 3.99. The Labute approximate surface area is 73.2 Å². The van der Waals surface area contributed by atoms with E-state index in [2.05, 4.69) is 12.2 Å². The number of likely N-dealkylation sites (tertiary alicyclic amines) is 1. The third-order valence-electron chi connectivity index (χ3n) is 3.13. The second-order valence-corrected chi connectivity index (χ2v) is 3.99. The van der Waals surface area contributed by atoms with Crippen molar-refractivity contribution in [2.75, 3.05) is 13.6 Å². The second kappa shape index (κ2) is 2.61. The lowest BCUT2D eigenvalue weighted by molar-refractivity contribution is -0.144. The van der Waals surface area contributed by atoms with Crippen LogP contribution in [0.2, 0.25) is 0 Å². The SMILES string of the molecule is CN1CCCC2(CC=CC2)C1=O. The average molecular weight is 165 g/mol. The molecule has 2 nitrogen and oxygen atoms in total. The van der Waals surface area contributed by atoms with Gasteiger partial charge in [-0.15, -0.1) is 0 Å². The number of allylic oxidation sites excluding steroid dienone is 2. The van der Waals surface area contributed by atoms with Crippen molar-refractivity contribution in [2.24, 2.45) is 5.41 Å². The Balaban J connectivity index is 2.19. The Morgan fingerprint density at radius 2 is 2.08 bits per heavy atom. The standard InChI is InChI=1S/C10H15NO/c1-11-8-4-7-10(9(11)12)5-2-3-6-10/h2-3H,4-8H2,1H3. The van der Waals surface area contributed by atoms with E-state index in [4.69, 9.17) is 0 Å². The van der Waals surface area contributed by atoms with Crippen LogP contribution in [0.4, 0.5) is 0 Å². The van der Waals surface area contributed by atoms with Crippen LogP contribution in [0.25, 0.3) is 0 Å². The third kappa shape index (κ3) is 0.977. The molecule has 1 aliphatic heterocycles. The van der Waals surface area contributed by atoms with Crippen molar-refractivity contribution in [1.29, 1.82) is 0 Å². The van der Waals surface area contributed by atoms with Gasteiger partial charge < -0.3 is 4.90 Å². The summed E-state index contributed by atoms with van der Waals surface area (Å²) in [5.74, 6) is 0.360. The summed E-state index contributed by atoms with van der Waals surface area (Å²) in [5, 5.41) is 0. The van der Waals surface area contributed by atoms with Crippen molar-refractivity contribution in [3.05, 3.63) is 12.2 Å². The Morgan fingerprint density at radius 3 is 2.75 bits per heavy atom. The van der Waals surface area contributed by atoms with E-state index in [-0.39, 0.29) is 5.41 Å². The van der Waals surface area contributed by atoms with Crippen molar-refractivity contribution in [1.82, 2.24) is 4.90 Å².